The first-order chi connectivity index (χ1) is 18.1. The molecule has 4 aromatic rings. The van der Waals surface area contributed by atoms with E-state index in [1.165, 1.54) is 6.42 Å². The number of benzene rings is 4. The van der Waals surface area contributed by atoms with E-state index in [0.29, 0.717) is 0 Å². The first-order valence-electron chi connectivity index (χ1n) is 13.1. The molecule has 0 radical (unpaired) electrons. The standard InChI is InChI=1S/C31H34N2O2P2/c34-36(27-18-8-2-9-19-27,28-20-10-3-11-21-28)32-31(26-16-6-1-7-17-26)33-37(35,29-22-12-4-13-23-29)30-24-14-5-15-25-30/h2-5,8-15,18-26,31H,1,6-7,16-17H2,(H,32,34)(H,33,35). The molecule has 0 aliphatic heterocycles. The van der Waals surface area contributed by atoms with E-state index in [4.69, 9.17) is 0 Å². The summed E-state index contributed by atoms with van der Waals surface area (Å²) in [4.78, 5) is 0. The Morgan fingerprint density at radius 3 is 1.08 bits per heavy atom. The highest BCUT2D eigenvalue weighted by atomic mass is 31.2. The van der Waals surface area contributed by atoms with Gasteiger partial charge in [-0.2, -0.15) is 0 Å². The van der Waals surface area contributed by atoms with Crippen molar-refractivity contribution in [3.05, 3.63) is 121 Å². The number of nitrogens with one attached hydrogen (secondary N) is 2. The lowest BCUT2D eigenvalue weighted by Gasteiger charge is -2.37. The molecule has 6 heteroatoms. The van der Waals surface area contributed by atoms with Crippen molar-refractivity contribution in [2.75, 3.05) is 0 Å². The lowest BCUT2D eigenvalue weighted by molar-refractivity contribution is 0.281. The minimum Gasteiger partial charge on any atom is -0.296 e. The quantitative estimate of drug-likeness (QED) is 0.209. The maximum Gasteiger partial charge on any atom is 0.205 e. The van der Waals surface area contributed by atoms with Crippen molar-refractivity contribution in [3.8, 4) is 0 Å². The molecule has 2 N–H and O–H groups in total. The Hall–Kier alpha value is -2.74. The van der Waals surface area contributed by atoms with E-state index in [2.05, 4.69) is 10.2 Å². The molecule has 1 aliphatic carbocycles. The van der Waals surface area contributed by atoms with Gasteiger partial charge in [0.05, 0.1) is 6.17 Å². The van der Waals surface area contributed by atoms with Gasteiger partial charge in [0.15, 0.2) is 0 Å². The zero-order chi connectivity index (χ0) is 25.6. The molecule has 37 heavy (non-hydrogen) atoms. The van der Waals surface area contributed by atoms with Crippen molar-refractivity contribution < 1.29 is 9.13 Å². The molecule has 4 nitrogen and oxygen atoms in total. The maximum atomic E-state index is 15.0. The Balaban J connectivity index is 1.61. The molecule has 0 unspecified atom stereocenters. The van der Waals surface area contributed by atoms with Crippen LogP contribution in [0.25, 0.3) is 0 Å². The van der Waals surface area contributed by atoms with E-state index >= 15 is 0 Å². The lowest BCUT2D eigenvalue weighted by atomic mass is 9.87. The van der Waals surface area contributed by atoms with E-state index in [1.54, 1.807) is 0 Å². The summed E-state index contributed by atoms with van der Waals surface area (Å²) in [5, 5.41) is 10.2. The molecular formula is C31H34N2O2P2. The van der Waals surface area contributed by atoms with Crippen molar-refractivity contribution in [2.45, 2.75) is 38.3 Å². The third-order valence-electron chi connectivity index (χ3n) is 7.24. The van der Waals surface area contributed by atoms with Crippen LogP contribution in [0.1, 0.15) is 32.1 Å². The van der Waals surface area contributed by atoms with Gasteiger partial charge in [0.25, 0.3) is 0 Å². The van der Waals surface area contributed by atoms with Gasteiger partial charge >= 0.3 is 0 Å². The Labute approximate surface area is 220 Å². The number of hydrogen-bond donors (Lipinski definition) is 2. The highest BCUT2D eigenvalue weighted by molar-refractivity contribution is 7.77. The van der Waals surface area contributed by atoms with Gasteiger partial charge in [0, 0.05) is 21.2 Å². The average Bonchev–Trinajstić information content (AvgIpc) is 2.99. The molecule has 0 saturated heterocycles. The molecule has 0 bridgehead atoms. The molecule has 1 aliphatic rings. The Morgan fingerprint density at radius 2 is 0.784 bits per heavy atom. The molecular weight excluding hydrogens is 494 g/mol. The van der Waals surface area contributed by atoms with E-state index in [-0.39, 0.29) is 5.92 Å². The van der Waals surface area contributed by atoms with Gasteiger partial charge < -0.3 is 0 Å². The Morgan fingerprint density at radius 1 is 0.486 bits per heavy atom. The predicted octanol–water partition coefficient (Wildman–Crippen LogP) is 5.93. The fourth-order valence-corrected chi connectivity index (χ4v) is 10.2. The normalized spacial score (nSPS) is 15.1. The van der Waals surface area contributed by atoms with Crippen LogP contribution in [0.4, 0.5) is 0 Å². The SMILES string of the molecule is O=P(NC(NP(=O)(c1ccccc1)c1ccccc1)C1CCCCC1)(c1ccccc1)c1ccccc1. The van der Waals surface area contributed by atoms with Gasteiger partial charge in [-0.05, 0) is 67.3 Å². The molecule has 0 spiro atoms. The van der Waals surface area contributed by atoms with Crippen molar-refractivity contribution in [1.82, 2.24) is 10.2 Å². The van der Waals surface area contributed by atoms with E-state index in [0.717, 1.165) is 46.9 Å². The van der Waals surface area contributed by atoms with Crippen molar-refractivity contribution >= 4 is 35.8 Å². The second kappa shape index (κ2) is 11.8. The van der Waals surface area contributed by atoms with Gasteiger partial charge in [-0.15, -0.1) is 0 Å². The van der Waals surface area contributed by atoms with Crippen molar-refractivity contribution in [3.63, 3.8) is 0 Å². The monoisotopic (exact) mass is 528 g/mol. The van der Waals surface area contributed by atoms with Crippen molar-refractivity contribution in [1.29, 1.82) is 0 Å². The minimum absolute atomic E-state index is 0.204. The first-order valence-corrected chi connectivity index (χ1v) is 16.5. The van der Waals surface area contributed by atoms with E-state index in [9.17, 15) is 9.13 Å². The van der Waals surface area contributed by atoms with Crippen molar-refractivity contribution in [2.24, 2.45) is 5.92 Å². The summed E-state index contributed by atoms with van der Waals surface area (Å²) in [7, 11) is -6.50. The van der Waals surface area contributed by atoms with Crippen LogP contribution in [-0.4, -0.2) is 6.17 Å². The summed E-state index contributed by atoms with van der Waals surface area (Å²) in [5.74, 6) is 0.204. The molecule has 0 aromatic heterocycles. The van der Waals surface area contributed by atoms with Crippen LogP contribution in [0, 0.1) is 5.92 Å². The largest absolute Gasteiger partial charge is 0.296 e. The van der Waals surface area contributed by atoms with E-state index < -0.39 is 20.8 Å². The molecule has 0 atom stereocenters. The van der Waals surface area contributed by atoms with Crippen LogP contribution in [0.15, 0.2) is 121 Å². The molecule has 1 saturated carbocycles. The summed E-state index contributed by atoms with van der Waals surface area (Å²) in [6, 6.07) is 38.5. The molecule has 5 rings (SSSR count). The van der Waals surface area contributed by atoms with Crippen LogP contribution in [-0.2, 0) is 9.13 Å². The second-order valence-electron chi connectivity index (χ2n) is 9.69. The van der Waals surface area contributed by atoms with Gasteiger partial charge in [-0.1, -0.05) is 92.1 Å². The maximum absolute atomic E-state index is 15.0. The summed E-state index contributed by atoms with van der Waals surface area (Å²) in [5.41, 5.74) is 0. The summed E-state index contributed by atoms with van der Waals surface area (Å²) >= 11 is 0. The fourth-order valence-electron chi connectivity index (χ4n) is 5.25. The Bertz CT molecular complexity index is 1170. The zero-order valence-corrected chi connectivity index (χ0v) is 22.7. The van der Waals surface area contributed by atoms with Crippen LogP contribution >= 0.6 is 14.6 Å². The minimum atomic E-state index is -3.25. The summed E-state index contributed by atoms with van der Waals surface area (Å²) in [6.45, 7) is 0. The topological polar surface area (TPSA) is 58.2 Å². The lowest BCUT2D eigenvalue weighted by Crippen LogP contribution is -2.50. The van der Waals surface area contributed by atoms with Crippen LogP contribution in [0.2, 0.25) is 0 Å². The number of hydrogen-bond acceptors (Lipinski definition) is 2. The van der Waals surface area contributed by atoms with Gasteiger partial charge in [-0.3, -0.25) is 9.13 Å². The fraction of sp³-hybridized carbons (Fsp3) is 0.226. The van der Waals surface area contributed by atoms with Crippen LogP contribution in [0.5, 0.6) is 0 Å². The van der Waals surface area contributed by atoms with Gasteiger partial charge in [0.1, 0.15) is 0 Å². The molecule has 0 amide bonds. The molecule has 1 fully saturated rings. The smallest absolute Gasteiger partial charge is 0.205 e. The summed E-state index contributed by atoms with van der Waals surface area (Å²) < 4.78 is 30.0. The van der Waals surface area contributed by atoms with E-state index in [1.807, 2.05) is 121 Å². The molecule has 190 valence electrons. The molecule has 4 aromatic carbocycles. The number of rotatable bonds is 9. The average molecular weight is 529 g/mol. The van der Waals surface area contributed by atoms with Gasteiger partial charge in [-0.25, -0.2) is 10.2 Å². The predicted molar refractivity (Wildman–Crippen MR) is 156 cm³/mol. The first kappa shape index (κ1) is 25.9. The summed E-state index contributed by atoms with van der Waals surface area (Å²) in [6.07, 6.45) is 5.03. The van der Waals surface area contributed by atoms with Crippen LogP contribution in [0.3, 0.4) is 0 Å². The third-order valence-corrected chi connectivity index (χ3v) is 12.6. The van der Waals surface area contributed by atoms with Crippen LogP contribution < -0.4 is 31.4 Å². The highest BCUT2D eigenvalue weighted by Gasteiger charge is 2.38. The second-order valence-corrected chi connectivity index (χ2v) is 14.7. The van der Waals surface area contributed by atoms with Gasteiger partial charge in [0.2, 0.25) is 14.6 Å². The third kappa shape index (κ3) is 5.74. The Kier molecular flexibility index (Phi) is 8.23. The zero-order valence-electron chi connectivity index (χ0n) is 20.9. The molecule has 0 heterocycles. The highest BCUT2D eigenvalue weighted by Crippen LogP contribution is 2.45.